The Labute approximate surface area is 104 Å². The molecule has 96 valence electrons. The molecule has 0 saturated heterocycles. The minimum atomic E-state index is 0.652. The Balaban J connectivity index is 2.26. The van der Waals surface area contributed by atoms with Crippen LogP contribution in [-0.4, -0.2) is 48.1 Å². The van der Waals surface area contributed by atoms with Crippen LogP contribution in [0.25, 0.3) is 0 Å². The lowest BCUT2D eigenvalue weighted by atomic mass is 10.3. The second kappa shape index (κ2) is 7.84. The molecule has 0 unspecified atom stereocenters. The first-order valence-corrected chi connectivity index (χ1v) is 6.27. The molecule has 17 heavy (non-hydrogen) atoms. The van der Waals surface area contributed by atoms with Crippen LogP contribution in [0.15, 0.2) is 12.3 Å². The standard InChI is InChI=1S/C12H23N5/c1-4-17(5-2)10-6-8-14-11-7-9-15-12(13-3)16-11/h7,9H,4-6,8,10H2,1-3H3,(H2,13,14,15,16). The topological polar surface area (TPSA) is 53.1 Å². The monoisotopic (exact) mass is 237 g/mol. The van der Waals surface area contributed by atoms with Gasteiger partial charge in [0.2, 0.25) is 5.95 Å². The van der Waals surface area contributed by atoms with Crippen molar-refractivity contribution in [2.45, 2.75) is 20.3 Å². The summed E-state index contributed by atoms with van der Waals surface area (Å²) in [6, 6.07) is 1.89. The molecule has 0 amide bonds. The summed E-state index contributed by atoms with van der Waals surface area (Å²) in [6.07, 6.45) is 2.88. The Morgan fingerprint density at radius 1 is 1.29 bits per heavy atom. The highest BCUT2D eigenvalue weighted by Crippen LogP contribution is 2.04. The Kier molecular flexibility index (Phi) is 6.32. The summed E-state index contributed by atoms with van der Waals surface area (Å²) in [4.78, 5) is 10.8. The van der Waals surface area contributed by atoms with E-state index in [0.717, 1.165) is 38.4 Å². The molecule has 0 bridgehead atoms. The Bertz CT molecular complexity index is 312. The summed E-state index contributed by atoms with van der Waals surface area (Å²) in [5.41, 5.74) is 0. The van der Waals surface area contributed by atoms with E-state index in [1.807, 2.05) is 13.1 Å². The van der Waals surface area contributed by atoms with Crippen LogP contribution in [-0.2, 0) is 0 Å². The average Bonchev–Trinajstić information content (AvgIpc) is 2.39. The van der Waals surface area contributed by atoms with Gasteiger partial charge in [0.15, 0.2) is 0 Å². The van der Waals surface area contributed by atoms with Crippen molar-refractivity contribution < 1.29 is 0 Å². The zero-order valence-corrected chi connectivity index (χ0v) is 11.0. The van der Waals surface area contributed by atoms with Crippen molar-refractivity contribution >= 4 is 11.8 Å². The van der Waals surface area contributed by atoms with Gasteiger partial charge < -0.3 is 15.5 Å². The first-order valence-electron chi connectivity index (χ1n) is 6.27. The van der Waals surface area contributed by atoms with Gasteiger partial charge in [-0.15, -0.1) is 0 Å². The van der Waals surface area contributed by atoms with E-state index in [9.17, 15) is 0 Å². The van der Waals surface area contributed by atoms with Crippen LogP contribution in [0, 0.1) is 0 Å². The number of hydrogen-bond acceptors (Lipinski definition) is 5. The second-order valence-electron chi connectivity index (χ2n) is 3.82. The van der Waals surface area contributed by atoms with Crippen LogP contribution < -0.4 is 10.6 Å². The minimum Gasteiger partial charge on any atom is -0.370 e. The summed E-state index contributed by atoms with van der Waals surface area (Å²) < 4.78 is 0. The van der Waals surface area contributed by atoms with Crippen molar-refractivity contribution in [3.05, 3.63) is 12.3 Å². The van der Waals surface area contributed by atoms with Crippen molar-refractivity contribution in [1.29, 1.82) is 0 Å². The first kappa shape index (κ1) is 13.7. The van der Waals surface area contributed by atoms with Crippen LogP contribution in [0.1, 0.15) is 20.3 Å². The van der Waals surface area contributed by atoms with Gasteiger partial charge in [0.25, 0.3) is 0 Å². The van der Waals surface area contributed by atoms with Crippen molar-refractivity contribution in [3.63, 3.8) is 0 Å². The zero-order chi connectivity index (χ0) is 12.5. The Morgan fingerprint density at radius 3 is 2.71 bits per heavy atom. The van der Waals surface area contributed by atoms with E-state index in [4.69, 9.17) is 0 Å². The highest BCUT2D eigenvalue weighted by molar-refractivity contribution is 5.38. The van der Waals surface area contributed by atoms with Gasteiger partial charge in [-0.3, -0.25) is 0 Å². The molecule has 2 N–H and O–H groups in total. The van der Waals surface area contributed by atoms with Crippen LogP contribution in [0.5, 0.6) is 0 Å². The fraction of sp³-hybridized carbons (Fsp3) is 0.667. The third-order valence-electron chi connectivity index (χ3n) is 2.73. The average molecular weight is 237 g/mol. The lowest BCUT2D eigenvalue weighted by Crippen LogP contribution is -2.25. The van der Waals surface area contributed by atoms with E-state index in [-0.39, 0.29) is 0 Å². The molecule has 0 atom stereocenters. The third kappa shape index (κ3) is 4.99. The van der Waals surface area contributed by atoms with Gasteiger partial charge in [-0.05, 0) is 32.1 Å². The van der Waals surface area contributed by atoms with Gasteiger partial charge in [0.1, 0.15) is 5.82 Å². The van der Waals surface area contributed by atoms with E-state index < -0.39 is 0 Å². The molecule has 1 aromatic rings. The molecule has 5 nitrogen and oxygen atoms in total. The molecule has 1 aromatic heterocycles. The maximum Gasteiger partial charge on any atom is 0.224 e. The van der Waals surface area contributed by atoms with Gasteiger partial charge in [0.05, 0.1) is 0 Å². The fourth-order valence-electron chi connectivity index (χ4n) is 1.64. The van der Waals surface area contributed by atoms with Crippen LogP contribution in [0.2, 0.25) is 0 Å². The predicted octanol–water partition coefficient (Wildman–Crippen LogP) is 1.66. The number of rotatable bonds is 8. The second-order valence-corrected chi connectivity index (χ2v) is 3.82. The van der Waals surface area contributed by atoms with Crippen LogP contribution in [0.4, 0.5) is 11.8 Å². The van der Waals surface area contributed by atoms with Crippen molar-refractivity contribution in [2.24, 2.45) is 0 Å². The van der Waals surface area contributed by atoms with E-state index >= 15 is 0 Å². The van der Waals surface area contributed by atoms with Gasteiger partial charge in [-0.1, -0.05) is 13.8 Å². The van der Waals surface area contributed by atoms with Gasteiger partial charge in [-0.2, -0.15) is 4.98 Å². The lowest BCUT2D eigenvalue weighted by molar-refractivity contribution is 0.303. The molecule has 1 heterocycles. The molecule has 0 aliphatic heterocycles. The molecule has 0 radical (unpaired) electrons. The fourth-order valence-corrected chi connectivity index (χ4v) is 1.64. The zero-order valence-electron chi connectivity index (χ0n) is 11.0. The van der Waals surface area contributed by atoms with E-state index in [1.54, 1.807) is 6.20 Å². The van der Waals surface area contributed by atoms with Crippen molar-refractivity contribution in [1.82, 2.24) is 14.9 Å². The van der Waals surface area contributed by atoms with Gasteiger partial charge >= 0.3 is 0 Å². The number of nitrogens with zero attached hydrogens (tertiary/aromatic N) is 3. The summed E-state index contributed by atoms with van der Waals surface area (Å²) in [7, 11) is 1.82. The maximum absolute atomic E-state index is 4.30. The molecule has 0 aliphatic carbocycles. The molecule has 0 saturated carbocycles. The smallest absolute Gasteiger partial charge is 0.224 e. The summed E-state index contributed by atoms with van der Waals surface area (Å²) in [5.74, 6) is 1.53. The largest absolute Gasteiger partial charge is 0.370 e. The van der Waals surface area contributed by atoms with E-state index in [2.05, 4.69) is 39.3 Å². The highest BCUT2D eigenvalue weighted by atomic mass is 15.1. The van der Waals surface area contributed by atoms with E-state index in [0.29, 0.717) is 5.95 Å². The maximum atomic E-state index is 4.30. The van der Waals surface area contributed by atoms with Crippen LogP contribution >= 0.6 is 0 Å². The Morgan fingerprint density at radius 2 is 2.06 bits per heavy atom. The number of anilines is 2. The molecule has 0 spiro atoms. The van der Waals surface area contributed by atoms with Crippen molar-refractivity contribution in [3.8, 4) is 0 Å². The SMILES string of the molecule is CCN(CC)CCCNc1ccnc(NC)n1. The van der Waals surface area contributed by atoms with E-state index in [1.165, 1.54) is 0 Å². The molecule has 0 aliphatic rings. The number of nitrogens with one attached hydrogen (secondary N) is 2. The summed E-state index contributed by atoms with van der Waals surface area (Å²) >= 11 is 0. The molecule has 0 fully saturated rings. The number of hydrogen-bond donors (Lipinski definition) is 2. The third-order valence-corrected chi connectivity index (χ3v) is 2.73. The summed E-state index contributed by atoms with van der Waals surface area (Å²) in [6.45, 7) is 8.70. The quantitative estimate of drug-likeness (QED) is 0.674. The molecule has 1 rings (SSSR count). The molecule has 5 heteroatoms. The molecular weight excluding hydrogens is 214 g/mol. The molecular formula is C12H23N5. The van der Waals surface area contributed by atoms with Crippen molar-refractivity contribution in [2.75, 3.05) is 43.9 Å². The lowest BCUT2D eigenvalue weighted by Gasteiger charge is -2.17. The normalized spacial score (nSPS) is 10.6. The Hall–Kier alpha value is -1.36. The highest BCUT2D eigenvalue weighted by Gasteiger charge is 1.99. The van der Waals surface area contributed by atoms with Gasteiger partial charge in [0, 0.05) is 19.8 Å². The molecule has 0 aromatic carbocycles. The van der Waals surface area contributed by atoms with Crippen LogP contribution in [0.3, 0.4) is 0 Å². The van der Waals surface area contributed by atoms with Gasteiger partial charge in [-0.25, -0.2) is 4.98 Å². The minimum absolute atomic E-state index is 0.652. The predicted molar refractivity (Wildman–Crippen MR) is 72.5 cm³/mol. The summed E-state index contributed by atoms with van der Waals surface area (Å²) in [5, 5.41) is 6.23. The number of aromatic nitrogens is 2. The first-order chi connectivity index (χ1) is 8.30.